The molecule has 0 aromatic heterocycles. The average molecular weight is 399 g/mol. The van der Waals surface area contributed by atoms with Crippen LogP contribution in [0.3, 0.4) is 0 Å². The predicted molar refractivity (Wildman–Crippen MR) is 120 cm³/mol. The van der Waals surface area contributed by atoms with Gasteiger partial charge in [0.1, 0.15) is 0 Å². The monoisotopic (exact) mass is 398 g/mol. The molecule has 2 saturated heterocycles. The van der Waals surface area contributed by atoms with Gasteiger partial charge in [-0.15, -0.1) is 0 Å². The fourth-order valence-electron chi connectivity index (χ4n) is 5.36. The summed E-state index contributed by atoms with van der Waals surface area (Å²) in [5, 5.41) is 3.44. The van der Waals surface area contributed by atoms with Crippen LogP contribution < -0.4 is 5.32 Å². The molecule has 1 N–H and O–H groups in total. The molecule has 1 aromatic rings. The Kier molecular flexibility index (Phi) is 6.76. The number of rotatable bonds is 5. The molecule has 160 valence electrons. The molecule has 5 heteroatoms. The van der Waals surface area contributed by atoms with E-state index in [4.69, 9.17) is 0 Å². The highest BCUT2D eigenvalue weighted by Crippen LogP contribution is 2.28. The van der Waals surface area contributed by atoms with E-state index in [2.05, 4.69) is 28.2 Å². The number of benzene rings is 1. The van der Waals surface area contributed by atoms with Gasteiger partial charge >= 0.3 is 0 Å². The molecule has 0 unspecified atom stereocenters. The second-order valence-electron chi connectivity index (χ2n) is 9.39. The Labute approximate surface area is 176 Å². The number of anilines is 1. The van der Waals surface area contributed by atoms with Crippen LogP contribution in [0.15, 0.2) is 18.2 Å². The summed E-state index contributed by atoms with van der Waals surface area (Å²) in [5.74, 6) is 0.952. The Morgan fingerprint density at radius 3 is 2.66 bits per heavy atom. The summed E-state index contributed by atoms with van der Waals surface area (Å²) in [6, 6.07) is 6.92. The molecule has 0 atom stereocenters. The Balaban J connectivity index is 1.24. The van der Waals surface area contributed by atoms with E-state index in [1.54, 1.807) is 0 Å². The van der Waals surface area contributed by atoms with Gasteiger partial charge in [0.05, 0.1) is 0 Å². The van der Waals surface area contributed by atoms with Gasteiger partial charge in [-0.25, -0.2) is 0 Å². The van der Waals surface area contributed by atoms with Crippen LogP contribution in [0.1, 0.15) is 54.4 Å². The predicted octanol–water partition coefficient (Wildman–Crippen LogP) is 3.31. The van der Waals surface area contributed by atoms with Crippen molar-refractivity contribution in [3.05, 3.63) is 29.3 Å². The lowest BCUT2D eigenvalue weighted by molar-refractivity contribution is 0.0725. The van der Waals surface area contributed by atoms with Crippen LogP contribution in [0.5, 0.6) is 0 Å². The Morgan fingerprint density at radius 1 is 1.14 bits per heavy atom. The van der Waals surface area contributed by atoms with Crippen molar-refractivity contribution in [2.24, 2.45) is 5.92 Å². The largest absolute Gasteiger partial charge is 0.385 e. The zero-order valence-corrected chi connectivity index (χ0v) is 18.3. The highest BCUT2D eigenvalue weighted by atomic mass is 16.2. The maximum Gasteiger partial charge on any atom is 0.253 e. The first-order chi connectivity index (χ1) is 14.1. The standard InChI is InChI=1S/C24H38N4O/c1-26-14-11-20(12-15-26)28-17-9-19(10-18-28)8-16-27(2)24(29)22-5-3-7-23-21(22)6-4-13-25-23/h3,5,7,19-20,25H,4,6,8-18H2,1-2H3. The summed E-state index contributed by atoms with van der Waals surface area (Å²) in [5.41, 5.74) is 3.26. The zero-order chi connectivity index (χ0) is 20.2. The molecule has 29 heavy (non-hydrogen) atoms. The van der Waals surface area contributed by atoms with E-state index in [0.717, 1.165) is 55.6 Å². The van der Waals surface area contributed by atoms with Gasteiger partial charge in [-0.3, -0.25) is 4.79 Å². The van der Waals surface area contributed by atoms with Crippen molar-refractivity contribution in [2.75, 3.05) is 58.7 Å². The molecule has 5 nitrogen and oxygen atoms in total. The number of hydrogen-bond acceptors (Lipinski definition) is 4. The van der Waals surface area contributed by atoms with E-state index in [9.17, 15) is 4.79 Å². The minimum atomic E-state index is 0.189. The summed E-state index contributed by atoms with van der Waals surface area (Å²) in [6.07, 6.45) is 8.49. The third kappa shape index (κ3) is 4.95. The number of carbonyl (C=O) groups excluding carboxylic acids is 1. The van der Waals surface area contributed by atoms with Crippen LogP contribution in [-0.2, 0) is 6.42 Å². The molecule has 0 aliphatic carbocycles. The Hall–Kier alpha value is -1.59. The Morgan fingerprint density at radius 2 is 1.90 bits per heavy atom. The maximum atomic E-state index is 13.1. The molecule has 3 aliphatic rings. The lowest BCUT2D eigenvalue weighted by Crippen LogP contribution is -2.47. The smallest absolute Gasteiger partial charge is 0.253 e. The van der Waals surface area contributed by atoms with Crippen LogP contribution in [0, 0.1) is 5.92 Å². The number of piperidine rings is 2. The zero-order valence-electron chi connectivity index (χ0n) is 18.3. The molecule has 0 bridgehead atoms. The summed E-state index contributed by atoms with van der Waals surface area (Å²) in [6.45, 7) is 6.86. The van der Waals surface area contributed by atoms with E-state index in [0.29, 0.717) is 0 Å². The normalized spacial score (nSPS) is 22.1. The highest BCUT2D eigenvalue weighted by Gasteiger charge is 2.28. The van der Waals surface area contributed by atoms with E-state index in [1.165, 1.54) is 57.4 Å². The van der Waals surface area contributed by atoms with Crippen molar-refractivity contribution in [1.29, 1.82) is 0 Å². The van der Waals surface area contributed by atoms with Crippen molar-refractivity contribution in [3.8, 4) is 0 Å². The molecule has 0 radical (unpaired) electrons. The van der Waals surface area contributed by atoms with Crippen molar-refractivity contribution >= 4 is 11.6 Å². The van der Waals surface area contributed by atoms with Gasteiger partial charge in [-0.1, -0.05) is 6.07 Å². The molecule has 0 spiro atoms. The van der Waals surface area contributed by atoms with Gasteiger partial charge in [0.2, 0.25) is 0 Å². The fraction of sp³-hybridized carbons (Fsp3) is 0.708. The first-order valence-corrected chi connectivity index (χ1v) is 11.7. The number of hydrogen-bond donors (Lipinski definition) is 1. The number of likely N-dealkylation sites (tertiary alicyclic amines) is 2. The molecule has 3 heterocycles. The minimum Gasteiger partial charge on any atom is -0.385 e. The van der Waals surface area contributed by atoms with Gasteiger partial charge < -0.3 is 20.0 Å². The van der Waals surface area contributed by atoms with Crippen molar-refractivity contribution in [1.82, 2.24) is 14.7 Å². The Bertz CT molecular complexity index is 690. The number of fused-ring (bicyclic) bond motifs is 1. The fourth-order valence-corrected chi connectivity index (χ4v) is 5.36. The molecule has 1 aromatic carbocycles. The van der Waals surface area contributed by atoms with Gasteiger partial charge in [0.15, 0.2) is 0 Å². The maximum absolute atomic E-state index is 13.1. The third-order valence-electron chi connectivity index (χ3n) is 7.40. The van der Waals surface area contributed by atoms with Gasteiger partial charge in [0.25, 0.3) is 5.91 Å². The van der Waals surface area contributed by atoms with E-state index in [-0.39, 0.29) is 5.91 Å². The SMILES string of the molecule is CN1CCC(N2CCC(CCN(C)C(=O)c3cccc4c3CCCN4)CC2)CC1. The molecule has 4 rings (SSSR count). The van der Waals surface area contributed by atoms with Crippen LogP contribution in [-0.4, -0.2) is 80.0 Å². The van der Waals surface area contributed by atoms with Crippen LogP contribution >= 0.6 is 0 Å². The minimum absolute atomic E-state index is 0.189. The van der Waals surface area contributed by atoms with Gasteiger partial charge in [-0.05, 0) is 102 Å². The molecular weight excluding hydrogens is 360 g/mol. The molecule has 2 fully saturated rings. The second kappa shape index (κ2) is 9.48. The number of carbonyl (C=O) groups is 1. The number of nitrogens with one attached hydrogen (secondary N) is 1. The number of amides is 1. The quantitative estimate of drug-likeness (QED) is 0.826. The van der Waals surface area contributed by atoms with Crippen LogP contribution in [0.2, 0.25) is 0 Å². The third-order valence-corrected chi connectivity index (χ3v) is 7.40. The molecule has 0 saturated carbocycles. The summed E-state index contributed by atoms with van der Waals surface area (Å²) < 4.78 is 0. The summed E-state index contributed by atoms with van der Waals surface area (Å²) in [4.78, 5) is 20.2. The lowest BCUT2D eigenvalue weighted by atomic mass is 9.91. The average Bonchev–Trinajstić information content (AvgIpc) is 2.77. The highest BCUT2D eigenvalue weighted by molar-refractivity contribution is 5.97. The van der Waals surface area contributed by atoms with Gasteiger partial charge in [0, 0.05) is 37.4 Å². The van der Waals surface area contributed by atoms with Crippen LogP contribution in [0.25, 0.3) is 0 Å². The van der Waals surface area contributed by atoms with E-state index < -0.39 is 0 Å². The number of nitrogens with zero attached hydrogens (tertiary/aromatic N) is 3. The first-order valence-electron chi connectivity index (χ1n) is 11.7. The van der Waals surface area contributed by atoms with Gasteiger partial charge in [-0.2, -0.15) is 0 Å². The molecule has 3 aliphatic heterocycles. The first kappa shape index (κ1) is 20.7. The summed E-state index contributed by atoms with van der Waals surface area (Å²) >= 11 is 0. The molecular formula is C24H38N4O. The summed E-state index contributed by atoms with van der Waals surface area (Å²) in [7, 11) is 4.22. The van der Waals surface area contributed by atoms with E-state index in [1.807, 2.05) is 24.1 Å². The van der Waals surface area contributed by atoms with Crippen molar-refractivity contribution in [2.45, 2.75) is 51.0 Å². The lowest BCUT2D eigenvalue weighted by Gasteiger charge is -2.41. The van der Waals surface area contributed by atoms with Crippen LogP contribution in [0.4, 0.5) is 5.69 Å². The van der Waals surface area contributed by atoms with E-state index >= 15 is 0 Å². The second-order valence-corrected chi connectivity index (χ2v) is 9.39. The topological polar surface area (TPSA) is 38.8 Å². The van der Waals surface area contributed by atoms with Crippen molar-refractivity contribution < 1.29 is 4.79 Å². The van der Waals surface area contributed by atoms with Crippen molar-refractivity contribution in [3.63, 3.8) is 0 Å². The molecule has 1 amide bonds.